The summed E-state index contributed by atoms with van der Waals surface area (Å²) in [6.45, 7) is 43.8. The van der Waals surface area contributed by atoms with Crippen molar-refractivity contribution in [2.24, 2.45) is 0 Å². The fourth-order valence-electron chi connectivity index (χ4n) is 11.0. The van der Waals surface area contributed by atoms with Gasteiger partial charge in [0.25, 0.3) is 5.95 Å². The van der Waals surface area contributed by atoms with Crippen LogP contribution < -0.4 is 23.7 Å². The first kappa shape index (κ1) is 98.1. The van der Waals surface area contributed by atoms with Gasteiger partial charge in [0.15, 0.2) is 5.06 Å². The van der Waals surface area contributed by atoms with E-state index in [0.717, 1.165) is 38.3 Å². The van der Waals surface area contributed by atoms with Crippen LogP contribution in [0, 0.1) is 0 Å². The van der Waals surface area contributed by atoms with Gasteiger partial charge in [0, 0.05) is 44.2 Å². The van der Waals surface area contributed by atoms with Crippen LogP contribution >= 0.6 is 22.7 Å². The van der Waals surface area contributed by atoms with Crippen LogP contribution in [0.1, 0.15) is 61.9 Å². The summed E-state index contributed by atoms with van der Waals surface area (Å²) in [6.07, 6.45) is 13.9. The first-order chi connectivity index (χ1) is 62.4. The Kier molecular flexibility index (Phi) is 40.3. The Morgan fingerprint density at radius 2 is 0.628 bits per heavy atom. The molecule has 5 aromatic heterocycles. The van der Waals surface area contributed by atoms with Crippen molar-refractivity contribution in [3.8, 4) is 28.3 Å². The number of rotatable bonds is 15. The molecule has 0 aliphatic carbocycles. The Balaban J connectivity index is 0.000000178. The maximum atomic E-state index is 11.5. The lowest BCUT2D eigenvalue weighted by molar-refractivity contribution is -0.131. The summed E-state index contributed by atoms with van der Waals surface area (Å²) in [7, 11) is 0. The van der Waals surface area contributed by atoms with E-state index >= 15 is 0 Å². The summed E-state index contributed by atoms with van der Waals surface area (Å²) in [5, 5.41) is 20.1. The number of hydrogen-bond donors (Lipinski definition) is 0. The molecule has 18 rings (SSSR count). The average molecular weight is 1740 g/mol. The molecule has 0 aliphatic heterocycles. The lowest BCUT2D eigenvalue weighted by Gasteiger charge is -2.06. The number of carbonyl (C=O) groups excluding carboxylic acids is 5. The number of fused-ring (bicyclic) bond motifs is 7. The topological polar surface area (TPSA) is 171 Å². The molecule has 0 fully saturated rings. The number of thiophene rings is 2. The van der Waals surface area contributed by atoms with Crippen LogP contribution in [0.4, 0.5) is 0 Å². The van der Waals surface area contributed by atoms with Crippen LogP contribution in [-0.4, -0.2) is 29.8 Å². The van der Waals surface area contributed by atoms with Gasteiger partial charge in [-0.2, -0.15) is 0 Å². The molecular formula is C114H100O13S2. The van der Waals surface area contributed by atoms with Crippen molar-refractivity contribution < 1.29 is 60.9 Å². The molecular weight excluding hydrogens is 1640 g/mol. The summed E-state index contributed by atoms with van der Waals surface area (Å²) in [5.74, 6) is 0.630. The molecule has 0 spiro atoms. The molecule has 129 heavy (non-hydrogen) atoms. The van der Waals surface area contributed by atoms with Crippen molar-refractivity contribution in [3.05, 3.63) is 484 Å². The third kappa shape index (κ3) is 34.0. The number of esters is 5. The molecule has 13 nitrogen and oxygen atoms in total. The monoisotopic (exact) mass is 1740 g/mol. The van der Waals surface area contributed by atoms with E-state index in [2.05, 4.69) is 187 Å². The summed E-state index contributed by atoms with van der Waals surface area (Å²) >= 11 is 3.09. The Bertz CT molecular complexity index is 6640. The van der Waals surface area contributed by atoms with Crippen LogP contribution in [0.25, 0.3) is 106 Å². The van der Waals surface area contributed by atoms with Gasteiger partial charge in [-0.25, -0.2) is 24.0 Å². The second-order valence-electron chi connectivity index (χ2n) is 28.1. The Morgan fingerprint density at radius 3 is 1.05 bits per heavy atom. The van der Waals surface area contributed by atoms with Gasteiger partial charge in [0.1, 0.15) is 28.6 Å². The van der Waals surface area contributed by atoms with E-state index in [0.29, 0.717) is 50.2 Å². The van der Waals surface area contributed by atoms with Crippen molar-refractivity contribution in [3.63, 3.8) is 0 Å². The normalized spacial score (nSPS) is 9.74. The molecule has 13 aromatic carbocycles. The van der Waals surface area contributed by atoms with Crippen LogP contribution in [0.5, 0.6) is 28.3 Å². The molecule has 0 N–H and O–H groups in total. The van der Waals surface area contributed by atoms with Gasteiger partial charge < -0.3 is 36.9 Å². The third-order valence-electron chi connectivity index (χ3n) is 17.8. The predicted molar refractivity (Wildman–Crippen MR) is 539 cm³/mol. The van der Waals surface area contributed by atoms with Gasteiger partial charge in [-0.1, -0.05) is 296 Å². The number of furan rings is 3. The highest BCUT2D eigenvalue weighted by atomic mass is 32.1. The van der Waals surface area contributed by atoms with E-state index in [1.807, 2.05) is 193 Å². The van der Waals surface area contributed by atoms with E-state index in [1.54, 1.807) is 119 Å². The highest BCUT2D eigenvalue weighted by Gasteiger charge is 2.11. The van der Waals surface area contributed by atoms with Crippen molar-refractivity contribution in [1.82, 2.24) is 0 Å². The van der Waals surface area contributed by atoms with Crippen LogP contribution in [-0.2, 0) is 24.0 Å². The standard InChI is InChI=1S/C18H14O2.C16H12.C14H12O2.C12H10.C10H10O2.C8H8O3.C8H8O2S.C8H6O.C8H8.C6H6O.C6H6S/c1-12(2)18(19)20-17-8-7-15-9-13-5-3-4-6-14(13)10-16(15)11-17;1-2-12-7-8-15-10-13-5-3-4-6-14(13)11-16(15)9-12;1-10(2)14(15)16-13-8-7-11-5-3-4-6-12(11)9-13;1-2-10-7-8-11-5-3-4-6-12(11)9-10;1-8(2)10(11)12-9-6-4-3-5-7-9;1-6(2)8(9)11-7-4-3-5-10-7;1-6(2)8(9)10-7-4-3-5-11-7;1-2-4-8-7(3-1)5-6-9-8;1-2-8-6-4-3-5-7-8;2*1-2-6-4-3-5-7-6/h3-11H,1H2,2H3;2-11H,1H2;3-9H,1H2,2H3;2-9H,1H2;3-7H,1H2,2H3;2*3-5H,1H2,2H3;1-6H;2-7H,1H2;2*2-5H,1H2. The van der Waals surface area contributed by atoms with Crippen molar-refractivity contribution in [2.75, 3.05) is 0 Å². The zero-order valence-corrected chi connectivity index (χ0v) is 74.4. The van der Waals surface area contributed by atoms with E-state index in [4.69, 9.17) is 36.9 Å². The summed E-state index contributed by atoms with van der Waals surface area (Å²) in [5.41, 5.74) is 6.43. The minimum atomic E-state index is -0.472. The minimum absolute atomic E-state index is 0.193. The van der Waals surface area contributed by atoms with Crippen LogP contribution in [0.15, 0.2) is 470 Å². The smallest absolute Gasteiger partial charge is 0.340 e. The molecule has 0 saturated heterocycles. The van der Waals surface area contributed by atoms with Crippen molar-refractivity contribution in [1.29, 1.82) is 0 Å². The number of hydrogen-bond acceptors (Lipinski definition) is 15. The molecule has 0 radical (unpaired) electrons. The van der Waals surface area contributed by atoms with E-state index in [-0.39, 0.29) is 17.9 Å². The molecule has 646 valence electrons. The van der Waals surface area contributed by atoms with Gasteiger partial charge in [0.05, 0.1) is 18.8 Å². The molecule has 0 unspecified atom stereocenters. The molecule has 5 heterocycles. The first-order valence-electron chi connectivity index (χ1n) is 40.4. The lowest BCUT2D eigenvalue weighted by Crippen LogP contribution is -2.07. The second-order valence-corrected chi connectivity index (χ2v) is 30.0. The maximum Gasteiger partial charge on any atom is 0.340 e. The lowest BCUT2D eigenvalue weighted by atomic mass is 10.0. The predicted octanol–water partition coefficient (Wildman–Crippen LogP) is 31.1. The molecule has 0 saturated carbocycles. The number of para-hydroxylation sites is 2. The number of benzene rings is 13. The molecule has 0 bridgehead atoms. The van der Waals surface area contributed by atoms with Gasteiger partial charge in [0.2, 0.25) is 0 Å². The van der Waals surface area contributed by atoms with Crippen molar-refractivity contribution in [2.45, 2.75) is 34.6 Å². The summed E-state index contributed by atoms with van der Waals surface area (Å²) in [6, 6.07) is 109. The molecule has 18 aromatic rings. The van der Waals surface area contributed by atoms with E-state index < -0.39 is 17.9 Å². The highest BCUT2D eigenvalue weighted by molar-refractivity contribution is 7.12. The van der Waals surface area contributed by atoms with Gasteiger partial charge in [-0.3, -0.25) is 0 Å². The van der Waals surface area contributed by atoms with Gasteiger partial charge in [-0.05, 0) is 254 Å². The highest BCUT2D eigenvalue weighted by Crippen LogP contribution is 2.29. The molecule has 15 heteroatoms. The maximum absolute atomic E-state index is 11.5. The fourth-order valence-corrected chi connectivity index (χ4v) is 12.2. The van der Waals surface area contributed by atoms with E-state index in [1.165, 1.54) is 82.3 Å². The first-order valence-corrected chi connectivity index (χ1v) is 42.2. The van der Waals surface area contributed by atoms with Gasteiger partial charge >= 0.3 is 29.8 Å². The molecule has 0 atom stereocenters. The minimum Gasteiger partial charge on any atom is -0.465 e. The number of carbonyl (C=O) groups is 5. The SMILES string of the molecule is C=C(C)C(=O)Oc1ccc2cc3ccccc3cc2c1.C=C(C)C(=O)Oc1ccc2ccccc2c1.C=C(C)C(=O)Oc1ccccc1.C=C(C)C(=O)Oc1ccco1.C=C(C)C(=O)Oc1cccs1.C=Cc1ccc2cc3ccccc3cc2c1.C=Cc1ccc2ccccc2c1.C=Cc1ccccc1.C=Cc1ccco1.C=Cc1cccs1.c1ccc2occc2c1. The largest absolute Gasteiger partial charge is 0.465 e. The van der Waals surface area contributed by atoms with Crippen LogP contribution in [0.2, 0.25) is 0 Å². The van der Waals surface area contributed by atoms with E-state index in [9.17, 15) is 24.0 Å². The third-order valence-corrected chi connectivity index (χ3v) is 19.4. The van der Waals surface area contributed by atoms with Crippen molar-refractivity contribution >= 4 is 159 Å². The second kappa shape index (κ2) is 53.0. The molecule has 0 aliphatic rings. The van der Waals surface area contributed by atoms with Crippen LogP contribution in [0.3, 0.4) is 0 Å². The fraction of sp³-hybridized carbons (Fsp3) is 0.0439. The summed E-state index contributed by atoms with van der Waals surface area (Å²) in [4.78, 5) is 56.8. The van der Waals surface area contributed by atoms with Gasteiger partial charge in [-0.15, -0.1) is 22.7 Å². The Morgan fingerprint density at radius 1 is 0.256 bits per heavy atom. The average Bonchev–Trinajstić information content (AvgIpc) is 1.18. The zero-order chi connectivity index (χ0) is 92.7. The Labute approximate surface area is 761 Å². The zero-order valence-electron chi connectivity index (χ0n) is 72.7. The number of ether oxygens (including phenoxy) is 5. The Hall–Kier alpha value is -16.3. The summed E-state index contributed by atoms with van der Waals surface area (Å²) < 4.78 is 39.7. The quantitative estimate of drug-likeness (QED) is 0.0411. The molecule has 0 amide bonds.